The van der Waals surface area contributed by atoms with Gasteiger partial charge in [0.15, 0.2) is 0 Å². The van der Waals surface area contributed by atoms with Crippen LogP contribution in [0.25, 0.3) is 0 Å². The summed E-state index contributed by atoms with van der Waals surface area (Å²) in [6, 6.07) is 3.79. The summed E-state index contributed by atoms with van der Waals surface area (Å²) in [5.41, 5.74) is 7.20. The molecular formula is C8H11N3O. The number of nitrogens with two attached hydrogens (primary N) is 1. The number of rotatable bonds is 2. The quantitative estimate of drug-likeness (QED) is 0.293. The maximum absolute atomic E-state index is 8.29. The molecule has 1 aromatic rings. The monoisotopic (exact) mass is 165 g/mol. The summed E-state index contributed by atoms with van der Waals surface area (Å²) >= 11 is 0. The lowest BCUT2D eigenvalue weighted by atomic mass is 10.2. The fraction of sp³-hybridized carbons (Fsp3) is 0.250. The van der Waals surface area contributed by atoms with Crippen LogP contribution < -0.4 is 5.73 Å². The third-order valence-electron chi connectivity index (χ3n) is 1.46. The lowest BCUT2D eigenvalue weighted by Crippen LogP contribution is -2.15. The molecule has 0 radical (unpaired) electrons. The van der Waals surface area contributed by atoms with Crippen molar-refractivity contribution in [2.75, 3.05) is 0 Å². The van der Waals surface area contributed by atoms with Crippen molar-refractivity contribution in [2.24, 2.45) is 10.9 Å². The van der Waals surface area contributed by atoms with Gasteiger partial charge in [-0.25, -0.2) is 0 Å². The Labute approximate surface area is 70.7 Å². The molecule has 1 heterocycles. The van der Waals surface area contributed by atoms with Crippen LogP contribution in [0.2, 0.25) is 0 Å². The zero-order valence-electron chi connectivity index (χ0n) is 6.86. The van der Waals surface area contributed by atoms with Crippen molar-refractivity contribution >= 4 is 5.84 Å². The van der Waals surface area contributed by atoms with E-state index in [0.717, 1.165) is 11.3 Å². The minimum Gasteiger partial charge on any atom is -0.409 e. The Bertz CT molecular complexity index is 279. The van der Waals surface area contributed by atoms with Gasteiger partial charge in [0.1, 0.15) is 5.84 Å². The summed E-state index contributed by atoms with van der Waals surface area (Å²) in [6.07, 6.45) is 2.14. The number of hydrogen-bond acceptors (Lipinski definition) is 3. The van der Waals surface area contributed by atoms with E-state index in [0.29, 0.717) is 6.42 Å². The molecule has 3 N–H and O–H groups in total. The van der Waals surface area contributed by atoms with Crippen LogP contribution in [0, 0.1) is 6.92 Å². The van der Waals surface area contributed by atoms with E-state index in [-0.39, 0.29) is 5.84 Å². The Morgan fingerprint density at radius 3 is 2.92 bits per heavy atom. The predicted molar refractivity (Wildman–Crippen MR) is 46.1 cm³/mol. The molecular weight excluding hydrogens is 154 g/mol. The summed E-state index contributed by atoms with van der Waals surface area (Å²) in [7, 11) is 0. The molecule has 4 heteroatoms. The number of pyridine rings is 1. The van der Waals surface area contributed by atoms with Gasteiger partial charge in [-0.1, -0.05) is 11.2 Å². The van der Waals surface area contributed by atoms with E-state index in [1.807, 2.05) is 19.1 Å². The van der Waals surface area contributed by atoms with E-state index in [1.165, 1.54) is 0 Å². The highest BCUT2D eigenvalue weighted by Crippen LogP contribution is 1.98. The Kier molecular flexibility index (Phi) is 2.63. The van der Waals surface area contributed by atoms with Gasteiger partial charge in [0.2, 0.25) is 0 Å². The van der Waals surface area contributed by atoms with Crippen LogP contribution in [0.1, 0.15) is 11.3 Å². The summed E-state index contributed by atoms with van der Waals surface area (Å²) in [5.74, 6) is 0.173. The first kappa shape index (κ1) is 8.52. The van der Waals surface area contributed by atoms with Crippen LogP contribution in [-0.4, -0.2) is 16.0 Å². The van der Waals surface area contributed by atoms with Crippen molar-refractivity contribution in [1.29, 1.82) is 0 Å². The average molecular weight is 165 g/mol. The van der Waals surface area contributed by atoms with E-state index in [9.17, 15) is 0 Å². The van der Waals surface area contributed by atoms with Gasteiger partial charge >= 0.3 is 0 Å². The molecule has 0 aliphatic heterocycles. The molecule has 0 bridgehead atoms. The van der Waals surface area contributed by atoms with Crippen molar-refractivity contribution in [2.45, 2.75) is 13.3 Å². The van der Waals surface area contributed by atoms with Crippen LogP contribution in [0.4, 0.5) is 0 Å². The summed E-state index contributed by atoms with van der Waals surface area (Å²) in [4.78, 5) is 4.09. The van der Waals surface area contributed by atoms with E-state index in [4.69, 9.17) is 10.9 Å². The molecule has 0 saturated heterocycles. The maximum atomic E-state index is 8.29. The van der Waals surface area contributed by atoms with Gasteiger partial charge in [-0.2, -0.15) is 0 Å². The smallest absolute Gasteiger partial charge is 0.145 e. The lowest BCUT2D eigenvalue weighted by Gasteiger charge is -1.98. The van der Waals surface area contributed by atoms with E-state index in [2.05, 4.69) is 10.1 Å². The van der Waals surface area contributed by atoms with Crippen molar-refractivity contribution in [1.82, 2.24) is 4.98 Å². The molecule has 0 atom stereocenters. The predicted octanol–water partition coefficient (Wildman–Crippen LogP) is 0.679. The largest absolute Gasteiger partial charge is 0.409 e. The first-order chi connectivity index (χ1) is 5.72. The van der Waals surface area contributed by atoms with Crippen molar-refractivity contribution in [3.8, 4) is 0 Å². The number of hydrogen-bond donors (Lipinski definition) is 2. The molecule has 0 saturated carbocycles. The van der Waals surface area contributed by atoms with Gasteiger partial charge in [0, 0.05) is 11.9 Å². The van der Waals surface area contributed by atoms with Gasteiger partial charge < -0.3 is 10.9 Å². The van der Waals surface area contributed by atoms with Crippen molar-refractivity contribution in [3.63, 3.8) is 0 Å². The number of oxime groups is 1. The number of amidine groups is 1. The van der Waals surface area contributed by atoms with Crippen LogP contribution in [-0.2, 0) is 6.42 Å². The Balaban J connectivity index is 2.71. The third kappa shape index (κ3) is 2.23. The topological polar surface area (TPSA) is 71.5 Å². The molecule has 0 unspecified atom stereocenters. The highest BCUT2D eigenvalue weighted by molar-refractivity contribution is 5.81. The lowest BCUT2D eigenvalue weighted by molar-refractivity contribution is 0.317. The summed E-state index contributed by atoms with van der Waals surface area (Å²) < 4.78 is 0. The Morgan fingerprint density at radius 2 is 2.42 bits per heavy atom. The van der Waals surface area contributed by atoms with Crippen LogP contribution in [0.5, 0.6) is 0 Å². The van der Waals surface area contributed by atoms with Gasteiger partial charge in [-0.05, 0) is 18.6 Å². The highest BCUT2D eigenvalue weighted by atomic mass is 16.4. The molecule has 0 amide bonds. The van der Waals surface area contributed by atoms with Crippen LogP contribution >= 0.6 is 0 Å². The van der Waals surface area contributed by atoms with Crippen LogP contribution in [0.15, 0.2) is 23.5 Å². The molecule has 1 rings (SSSR count). The first-order valence-corrected chi connectivity index (χ1v) is 3.60. The fourth-order valence-corrected chi connectivity index (χ4v) is 0.824. The second kappa shape index (κ2) is 3.71. The van der Waals surface area contributed by atoms with Crippen molar-refractivity contribution in [3.05, 3.63) is 29.6 Å². The van der Waals surface area contributed by atoms with Gasteiger partial charge in [-0.3, -0.25) is 4.98 Å². The minimum absolute atomic E-state index is 0.173. The average Bonchev–Trinajstić information content (AvgIpc) is 2.09. The number of nitrogens with zero attached hydrogens (tertiary/aromatic N) is 2. The summed E-state index contributed by atoms with van der Waals surface area (Å²) in [6.45, 7) is 1.96. The third-order valence-corrected chi connectivity index (χ3v) is 1.46. The normalized spacial score (nSPS) is 11.6. The summed E-state index contributed by atoms with van der Waals surface area (Å²) in [5, 5.41) is 11.1. The molecule has 0 aliphatic rings. The number of aromatic nitrogens is 1. The van der Waals surface area contributed by atoms with E-state index >= 15 is 0 Å². The molecule has 1 aromatic heterocycles. The molecule has 4 nitrogen and oxygen atoms in total. The Hall–Kier alpha value is -1.58. The van der Waals surface area contributed by atoms with Crippen molar-refractivity contribution < 1.29 is 5.21 Å². The molecule has 0 fully saturated rings. The fourth-order valence-electron chi connectivity index (χ4n) is 0.824. The van der Waals surface area contributed by atoms with Gasteiger partial charge in [-0.15, -0.1) is 0 Å². The molecule has 0 aliphatic carbocycles. The maximum Gasteiger partial charge on any atom is 0.145 e. The minimum atomic E-state index is 0.173. The van der Waals surface area contributed by atoms with Crippen LogP contribution in [0.3, 0.4) is 0 Å². The van der Waals surface area contributed by atoms with E-state index < -0.39 is 0 Å². The zero-order valence-corrected chi connectivity index (χ0v) is 6.86. The second-order valence-corrected chi connectivity index (χ2v) is 2.60. The molecule has 12 heavy (non-hydrogen) atoms. The molecule has 0 spiro atoms. The Morgan fingerprint density at radius 1 is 1.67 bits per heavy atom. The first-order valence-electron chi connectivity index (χ1n) is 3.60. The zero-order chi connectivity index (χ0) is 8.97. The highest BCUT2D eigenvalue weighted by Gasteiger charge is 1.97. The second-order valence-electron chi connectivity index (χ2n) is 2.60. The van der Waals surface area contributed by atoms with Gasteiger partial charge in [0.25, 0.3) is 0 Å². The van der Waals surface area contributed by atoms with E-state index in [1.54, 1.807) is 6.20 Å². The number of aryl methyl sites for hydroxylation is 1. The molecule has 64 valence electrons. The SMILES string of the molecule is Cc1ccc(C/C(N)=N/O)nc1. The van der Waals surface area contributed by atoms with Gasteiger partial charge in [0.05, 0.1) is 6.42 Å². The standard InChI is InChI=1S/C8H11N3O/c1-6-2-3-7(10-5-6)4-8(9)11-12/h2-3,5,12H,4H2,1H3,(H2,9,11). The molecule has 0 aromatic carbocycles.